The number of hydrogen-bond donors (Lipinski definition) is 0. The fourth-order valence-electron chi connectivity index (χ4n) is 0. The van der Waals surface area contributed by atoms with Crippen LogP contribution in [0.25, 0.3) is 0 Å². The zero-order chi connectivity index (χ0) is 10.6. The van der Waals surface area contributed by atoms with Crippen molar-refractivity contribution in [1.29, 1.82) is 0 Å². The molecule has 12 heavy (non-hydrogen) atoms. The van der Waals surface area contributed by atoms with E-state index in [9.17, 15) is 22.0 Å². The summed E-state index contributed by atoms with van der Waals surface area (Å²) in [6.45, 7) is 0. The number of rotatable bonds is 0. The molecule has 2 radical (unpaired) electrons. The molecule has 0 aliphatic carbocycles. The van der Waals surface area contributed by atoms with Crippen LogP contribution >= 0.6 is 0 Å². The van der Waals surface area contributed by atoms with Crippen molar-refractivity contribution in [2.24, 2.45) is 0 Å². The molecule has 0 nitrogen and oxygen atoms in total. The summed E-state index contributed by atoms with van der Waals surface area (Å²) in [5.41, 5.74) is 0. The first kappa shape index (κ1) is 15.7. The minimum atomic E-state index is -5.39. The predicted octanol–water partition coefficient (Wildman–Crippen LogP) is 2.68. The van der Waals surface area contributed by atoms with Gasteiger partial charge in [0.25, 0.3) is 0 Å². The summed E-state index contributed by atoms with van der Waals surface area (Å²) in [5, 5.41) is 0. The van der Waals surface area contributed by atoms with E-state index in [0.717, 1.165) is 0 Å². The van der Waals surface area contributed by atoms with Gasteiger partial charge in [-0.25, -0.2) is 0 Å². The first-order chi connectivity index (χ1) is 4.98. The molecule has 0 aromatic rings. The van der Waals surface area contributed by atoms with Crippen LogP contribution in [0.5, 0.6) is 0 Å². The molecular weight excluding hydrogens is 401 g/mol. The topological polar surface area (TPSA) is 0 Å². The number of halogens is 5. The quantitative estimate of drug-likeness (QED) is 0.426. The van der Waals surface area contributed by atoms with E-state index < -0.39 is 29.9 Å². The van der Waals surface area contributed by atoms with Gasteiger partial charge in [0.15, 0.2) is 0 Å². The summed E-state index contributed by atoms with van der Waals surface area (Å²) in [7, 11) is 0. The summed E-state index contributed by atoms with van der Waals surface area (Å²) >= 11 is -0.802. The van der Waals surface area contributed by atoms with Crippen molar-refractivity contribution in [3.63, 3.8) is 0 Å². The molecule has 0 fully saturated rings. The fourth-order valence-corrected chi connectivity index (χ4v) is 0. The molecule has 7 heteroatoms. The molecule has 0 N–H and O–H groups in total. The van der Waals surface area contributed by atoms with Gasteiger partial charge >= 0.3 is 89.0 Å². The zero-order valence-corrected chi connectivity index (χ0v) is 12.0. The average molecular weight is 410 g/mol. The van der Waals surface area contributed by atoms with Crippen molar-refractivity contribution in [3.05, 3.63) is 0 Å². The van der Waals surface area contributed by atoms with Crippen LogP contribution in [-0.2, 0) is 0 Å². The SMILES string of the molecule is FC(F)(F)C(F)(F)[Te].[CH3][Sn]([CH3])[CH3]. The van der Waals surface area contributed by atoms with Crippen molar-refractivity contribution < 1.29 is 22.0 Å². The maximum atomic E-state index is 11.1. The molecule has 0 aromatic heterocycles. The van der Waals surface area contributed by atoms with E-state index in [1.807, 2.05) is 0 Å². The predicted molar refractivity (Wildman–Crippen MR) is 40.1 cm³/mol. The Balaban J connectivity index is 0. The van der Waals surface area contributed by atoms with Crippen LogP contribution in [0.15, 0.2) is 0 Å². The van der Waals surface area contributed by atoms with Crippen LogP contribution in [0.3, 0.4) is 0 Å². The fraction of sp³-hybridized carbons (Fsp3) is 1.00. The van der Waals surface area contributed by atoms with Crippen molar-refractivity contribution in [2.45, 2.75) is 25.0 Å². The second-order valence-corrected chi connectivity index (χ2v) is 12.5. The van der Waals surface area contributed by atoms with Crippen LogP contribution in [-0.4, -0.2) is 52.2 Å². The van der Waals surface area contributed by atoms with Gasteiger partial charge in [-0.2, -0.15) is 0 Å². The van der Waals surface area contributed by atoms with Crippen LogP contribution in [0.1, 0.15) is 0 Å². The van der Waals surface area contributed by atoms with E-state index in [0.29, 0.717) is 0 Å². The Hall–Kier alpha value is 1.24. The van der Waals surface area contributed by atoms with Gasteiger partial charge in [0.05, 0.1) is 0 Å². The van der Waals surface area contributed by atoms with Crippen molar-refractivity contribution >= 4 is 42.1 Å². The first-order valence-electron chi connectivity index (χ1n) is 2.90. The molecule has 74 valence electrons. The van der Waals surface area contributed by atoms with E-state index in [1.54, 1.807) is 0 Å². The standard InChI is InChI=1S/C2F5Te.3CH3.Sn/c3-1(4,5)2(6,7)8;;;;/h;3*1H3;. The Kier molecular flexibility index (Phi) is 7.67. The molecule has 0 rings (SSSR count). The second kappa shape index (κ2) is 5.86. The van der Waals surface area contributed by atoms with Gasteiger partial charge in [-0.1, -0.05) is 0 Å². The Morgan fingerprint density at radius 2 is 1.00 bits per heavy atom. The van der Waals surface area contributed by atoms with Gasteiger partial charge in [0.2, 0.25) is 0 Å². The molecule has 0 spiro atoms. The summed E-state index contributed by atoms with van der Waals surface area (Å²) < 4.78 is 50.1. The van der Waals surface area contributed by atoms with Gasteiger partial charge in [-0.3, -0.25) is 0 Å². The zero-order valence-electron chi connectivity index (χ0n) is 6.80. The number of alkyl halides is 5. The molecule has 0 aliphatic heterocycles. The maximum absolute atomic E-state index is 11.1. The van der Waals surface area contributed by atoms with E-state index in [-0.39, 0.29) is 22.3 Å². The third kappa shape index (κ3) is 11.2. The van der Waals surface area contributed by atoms with Crippen LogP contribution in [0.2, 0.25) is 14.8 Å². The molecule has 0 aromatic carbocycles. The van der Waals surface area contributed by atoms with Gasteiger partial charge < -0.3 is 0 Å². The first-order valence-corrected chi connectivity index (χ1v) is 12.6. The Labute approximate surface area is 88.5 Å². The molecule has 0 heterocycles. The molecular formula is C5H9F5SnTe. The normalized spacial score (nSPS) is 12.5. The Morgan fingerprint density at radius 1 is 0.917 bits per heavy atom. The van der Waals surface area contributed by atoms with Crippen molar-refractivity contribution in [2.75, 3.05) is 0 Å². The molecule has 0 saturated carbocycles. The third-order valence-electron chi connectivity index (χ3n) is 0.330. The van der Waals surface area contributed by atoms with E-state index in [2.05, 4.69) is 14.8 Å². The van der Waals surface area contributed by atoms with Crippen LogP contribution in [0.4, 0.5) is 22.0 Å². The molecule has 0 saturated heterocycles. The third-order valence-corrected chi connectivity index (χ3v) is 0.991. The Bertz CT molecular complexity index is 101. The van der Waals surface area contributed by atoms with Gasteiger partial charge in [-0.05, 0) is 0 Å². The molecule has 0 amide bonds. The summed E-state index contributed by atoms with van der Waals surface area (Å²) in [4.78, 5) is 7.09. The molecule has 0 bridgehead atoms. The summed E-state index contributed by atoms with van der Waals surface area (Å²) in [5.74, 6) is 0. The van der Waals surface area contributed by atoms with Crippen LogP contribution < -0.4 is 0 Å². The van der Waals surface area contributed by atoms with Gasteiger partial charge in [-0.15, -0.1) is 0 Å². The van der Waals surface area contributed by atoms with E-state index in [1.165, 1.54) is 0 Å². The van der Waals surface area contributed by atoms with Crippen molar-refractivity contribution in [3.8, 4) is 0 Å². The molecule has 0 atom stereocenters. The molecule has 0 aliphatic rings. The van der Waals surface area contributed by atoms with Gasteiger partial charge in [0.1, 0.15) is 0 Å². The minimum absolute atomic E-state index is 0.258. The van der Waals surface area contributed by atoms with E-state index in [4.69, 9.17) is 0 Å². The average Bonchev–Trinajstić information content (AvgIpc) is 1.55. The second-order valence-electron chi connectivity index (χ2n) is 2.51. The molecule has 0 unspecified atom stereocenters. The van der Waals surface area contributed by atoms with Gasteiger partial charge in [0, 0.05) is 0 Å². The van der Waals surface area contributed by atoms with Crippen LogP contribution in [0, 0.1) is 0 Å². The summed E-state index contributed by atoms with van der Waals surface area (Å²) in [6, 6.07) is 0. The Morgan fingerprint density at radius 3 is 1.00 bits per heavy atom. The monoisotopic (exact) mass is 414 g/mol. The van der Waals surface area contributed by atoms with E-state index >= 15 is 0 Å². The van der Waals surface area contributed by atoms with Crippen molar-refractivity contribution in [1.82, 2.24) is 0 Å². The number of hydrogen-bond acceptors (Lipinski definition) is 0. The summed E-state index contributed by atoms with van der Waals surface area (Å²) in [6.07, 6.45) is -5.39.